The highest BCUT2D eigenvalue weighted by Crippen LogP contribution is 2.43. The molecule has 1 fully saturated rings. The number of phenols is 1. The van der Waals surface area contributed by atoms with Gasteiger partial charge in [-0.3, -0.25) is 14.5 Å². The Labute approximate surface area is 189 Å². The molecule has 10 heteroatoms. The molecule has 172 valence electrons. The average molecular weight is 467 g/mol. The molecule has 0 aliphatic carbocycles. The van der Waals surface area contributed by atoms with Gasteiger partial charge < -0.3 is 20.3 Å². The number of Topliss-reactive ketones (excluding diaryl/α,β-unsaturated/α-hetero) is 1. The number of likely N-dealkylation sites (N-methyl/N-ethyl adjacent to an activating group) is 1. The summed E-state index contributed by atoms with van der Waals surface area (Å²) in [6.45, 7) is 1.64. The van der Waals surface area contributed by atoms with Gasteiger partial charge in [0.25, 0.3) is 5.91 Å². The lowest BCUT2D eigenvalue weighted by molar-refractivity contribution is -0.0178. The van der Waals surface area contributed by atoms with Gasteiger partial charge >= 0.3 is 5.92 Å². The summed E-state index contributed by atoms with van der Waals surface area (Å²) in [5, 5.41) is 9.69. The van der Waals surface area contributed by atoms with Gasteiger partial charge in [-0.15, -0.1) is 0 Å². The molecule has 2 aliphatic rings. The Morgan fingerprint density at radius 3 is 2.47 bits per heavy atom. The molecule has 3 heterocycles. The predicted octanol–water partition coefficient (Wildman–Crippen LogP) is 3.05. The highest BCUT2D eigenvalue weighted by molar-refractivity contribution is 6.32. The van der Waals surface area contributed by atoms with Crippen LogP contribution in [0.4, 0.5) is 8.78 Å². The van der Waals surface area contributed by atoms with E-state index in [0.717, 1.165) is 5.69 Å². The van der Waals surface area contributed by atoms with Crippen molar-refractivity contribution < 1.29 is 23.5 Å². The van der Waals surface area contributed by atoms with Crippen LogP contribution in [0.2, 0.25) is 5.02 Å². The first-order valence-corrected chi connectivity index (χ1v) is 10.7. The van der Waals surface area contributed by atoms with Crippen molar-refractivity contribution in [1.82, 2.24) is 14.4 Å². The minimum Gasteiger partial charge on any atom is -0.506 e. The van der Waals surface area contributed by atoms with Crippen molar-refractivity contribution in [3.8, 4) is 5.75 Å². The molecule has 1 aromatic heterocycles. The van der Waals surface area contributed by atoms with Gasteiger partial charge in [-0.2, -0.15) is 8.78 Å². The third kappa shape index (κ3) is 3.58. The molecule has 4 rings (SSSR count). The molecule has 7 nitrogen and oxygen atoms in total. The van der Waals surface area contributed by atoms with Crippen molar-refractivity contribution >= 4 is 23.3 Å². The van der Waals surface area contributed by atoms with Crippen LogP contribution in [0.15, 0.2) is 30.3 Å². The number of fused-ring (bicyclic) bond motifs is 2. The highest BCUT2D eigenvalue weighted by Gasteiger charge is 2.48. The maximum Gasteiger partial charge on any atom is 0.308 e. The zero-order chi connectivity index (χ0) is 23.4. The molecule has 0 saturated carbocycles. The summed E-state index contributed by atoms with van der Waals surface area (Å²) in [4.78, 5) is 29.0. The molecule has 1 aromatic carbocycles. The van der Waals surface area contributed by atoms with Gasteiger partial charge in [0.1, 0.15) is 5.75 Å². The molecule has 1 atom stereocenters. The third-order valence-corrected chi connectivity index (χ3v) is 7.01. The highest BCUT2D eigenvalue weighted by atomic mass is 35.5. The topological polar surface area (TPSA) is 91.8 Å². The number of halogens is 3. The smallest absolute Gasteiger partial charge is 0.308 e. The maximum atomic E-state index is 13.7. The van der Waals surface area contributed by atoms with E-state index >= 15 is 0 Å². The van der Waals surface area contributed by atoms with Crippen LogP contribution >= 0.6 is 11.6 Å². The fourth-order valence-electron chi connectivity index (χ4n) is 4.81. The Bertz CT molecular complexity index is 1070. The summed E-state index contributed by atoms with van der Waals surface area (Å²) < 4.78 is 29.1. The van der Waals surface area contributed by atoms with Crippen LogP contribution in [0.25, 0.3) is 0 Å². The number of aromatic hydroxyl groups is 1. The van der Waals surface area contributed by atoms with Gasteiger partial charge in [0.2, 0.25) is 5.78 Å². The minimum atomic E-state index is -3.48. The monoisotopic (exact) mass is 466 g/mol. The Hall–Kier alpha value is -2.49. The molecule has 1 saturated heterocycles. The number of nitrogens with zero attached hydrogens (tertiary/aromatic N) is 3. The fourth-order valence-corrected chi connectivity index (χ4v) is 4.99. The molecule has 1 spiro atoms. The van der Waals surface area contributed by atoms with E-state index in [1.54, 1.807) is 15.5 Å². The van der Waals surface area contributed by atoms with E-state index in [1.807, 2.05) is 11.9 Å². The van der Waals surface area contributed by atoms with Crippen molar-refractivity contribution in [2.75, 3.05) is 20.1 Å². The Morgan fingerprint density at radius 1 is 1.22 bits per heavy atom. The average Bonchev–Trinajstić information content (AvgIpc) is 3.17. The van der Waals surface area contributed by atoms with E-state index in [4.69, 9.17) is 17.3 Å². The summed E-state index contributed by atoms with van der Waals surface area (Å²) in [6, 6.07) is 7.49. The number of rotatable bonds is 3. The summed E-state index contributed by atoms with van der Waals surface area (Å²) in [7, 11) is 1.88. The maximum absolute atomic E-state index is 13.7. The number of hydrogen-bond donors (Lipinski definition) is 2. The van der Waals surface area contributed by atoms with Gasteiger partial charge in [0.05, 0.1) is 29.0 Å². The van der Waals surface area contributed by atoms with Gasteiger partial charge in [-0.05, 0) is 50.2 Å². The number of phenolic OH excluding ortho intramolecular Hbond substituents is 1. The van der Waals surface area contributed by atoms with Crippen molar-refractivity contribution in [1.29, 1.82) is 0 Å². The van der Waals surface area contributed by atoms with Crippen LogP contribution < -0.4 is 5.73 Å². The molecule has 1 unspecified atom stereocenters. The Morgan fingerprint density at radius 2 is 1.88 bits per heavy atom. The van der Waals surface area contributed by atoms with Crippen molar-refractivity contribution in [2.24, 2.45) is 5.73 Å². The largest absolute Gasteiger partial charge is 0.506 e. The number of amides is 1. The van der Waals surface area contributed by atoms with Gasteiger partial charge in [0.15, 0.2) is 0 Å². The molecule has 0 radical (unpaired) electrons. The number of carbonyl (C=O) groups excluding carboxylic acids is 2. The number of ketones is 1. The van der Waals surface area contributed by atoms with Crippen LogP contribution in [-0.2, 0) is 12.1 Å². The molecule has 32 heavy (non-hydrogen) atoms. The fraction of sp³-hybridized carbons (Fsp3) is 0.455. The SMILES string of the molecule is CN1C(N)Cn2c(C(=O)C(C)(F)F)ccc2C12CCN(C(=O)c1ccc(O)c(Cl)c1)CC2. The predicted molar refractivity (Wildman–Crippen MR) is 115 cm³/mol. The lowest BCUT2D eigenvalue weighted by atomic mass is 9.81. The first kappa shape index (κ1) is 22.7. The Kier molecular flexibility index (Phi) is 5.55. The second kappa shape index (κ2) is 7.83. The number of nitrogens with two attached hydrogens (primary N) is 1. The second-order valence-corrected chi connectivity index (χ2v) is 9.01. The van der Waals surface area contributed by atoms with E-state index in [9.17, 15) is 23.5 Å². The summed E-state index contributed by atoms with van der Waals surface area (Å²) in [6.07, 6.45) is 0.578. The molecular formula is C22H25ClF2N4O3. The van der Waals surface area contributed by atoms with Gasteiger partial charge in [-0.25, -0.2) is 0 Å². The van der Waals surface area contributed by atoms with Crippen LogP contribution in [-0.4, -0.2) is 63.4 Å². The quantitative estimate of drug-likeness (QED) is 0.678. The first-order chi connectivity index (χ1) is 15.0. The standard InChI is InChI=1S/C22H25ClF2N4O3/c1-21(24,25)19(31)15-4-6-17-22(27(2)18(26)12-29(15)17)7-9-28(10-8-22)20(32)13-3-5-16(30)14(23)11-13/h3-6,11,18,30H,7-10,12,26H2,1-2H3. The Balaban J connectivity index is 1.62. The third-order valence-electron chi connectivity index (χ3n) is 6.70. The zero-order valence-electron chi connectivity index (χ0n) is 17.8. The van der Waals surface area contributed by atoms with E-state index in [2.05, 4.69) is 0 Å². The van der Waals surface area contributed by atoms with Gasteiger partial charge in [-0.1, -0.05) is 11.6 Å². The first-order valence-electron chi connectivity index (χ1n) is 10.3. The zero-order valence-corrected chi connectivity index (χ0v) is 18.6. The number of hydrogen-bond acceptors (Lipinski definition) is 5. The van der Waals surface area contributed by atoms with E-state index in [1.165, 1.54) is 24.3 Å². The number of piperidine rings is 1. The van der Waals surface area contributed by atoms with Crippen molar-refractivity contribution in [2.45, 2.75) is 43.9 Å². The van der Waals surface area contributed by atoms with Crippen molar-refractivity contribution in [3.63, 3.8) is 0 Å². The summed E-state index contributed by atoms with van der Waals surface area (Å²) >= 11 is 5.94. The number of alkyl halides is 2. The van der Waals surface area contributed by atoms with Gasteiger partial charge in [0, 0.05) is 31.3 Å². The molecule has 2 aromatic rings. The number of likely N-dealkylation sites (tertiary alicyclic amines) is 1. The molecule has 0 bridgehead atoms. The van der Waals surface area contributed by atoms with Crippen LogP contribution in [0.1, 0.15) is 46.3 Å². The van der Waals surface area contributed by atoms with E-state index in [0.29, 0.717) is 38.4 Å². The van der Waals surface area contributed by atoms with E-state index in [-0.39, 0.29) is 28.9 Å². The van der Waals surface area contributed by atoms with Crippen LogP contribution in [0, 0.1) is 0 Å². The molecular weight excluding hydrogens is 442 g/mol. The summed E-state index contributed by atoms with van der Waals surface area (Å²) in [5.41, 5.74) is 6.84. The lowest BCUT2D eigenvalue weighted by Gasteiger charge is -2.53. The van der Waals surface area contributed by atoms with E-state index < -0.39 is 23.4 Å². The normalized spacial score (nSPS) is 20.9. The molecule has 2 aliphatic heterocycles. The summed E-state index contributed by atoms with van der Waals surface area (Å²) in [5.74, 6) is -5.01. The van der Waals surface area contributed by atoms with Crippen molar-refractivity contribution in [3.05, 3.63) is 52.3 Å². The number of carbonyl (C=O) groups is 2. The van der Waals surface area contributed by atoms with Crippen LogP contribution in [0.5, 0.6) is 5.75 Å². The second-order valence-electron chi connectivity index (χ2n) is 8.60. The minimum absolute atomic E-state index is 0.0485. The van der Waals surface area contributed by atoms with Crippen LogP contribution in [0.3, 0.4) is 0 Å². The molecule has 1 amide bonds. The number of benzene rings is 1. The number of aromatic nitrogens is 1. The molecule has 3 N–H and O–H groups in total. The lowest BCUT2D eigenvalue weighted by Crippen LogP contribution is -2.62.